The van der Waals surface area contributed by atoms with E-state index in [1.807, 2.05) is 77.1 Å². The number of carbonyl (C=O) groups excluding carboxylic acids is 1. The molecule has 140 valence electrons. The standard InChI is InChI=1S/C22H29NO3/c1-6-19(26-21-13-15(2)11-12-17(21)4)22(24)23-18(5)14-25-20-10-8-7-9-16(20)3/h7-13,18-19H,6,14H2,1-5H3,(H,23,24)/t18-,19+/m0/s1. The van der Waals surface area contributed by atoms with Gasteiger partial charge in [-0.25, -0.2) is 0 Å². The molecule has 0 fully saturated rings. The number of rotatable bonds is 8. The van der Waals surface area contributed by atoms with E-state index in [1.54, 1.807) is 0 Å². The van der Waals surface area contributed by atoms with Gasteiger partial charge in [0.1, 0.15) is 18.1 Å². The Kier molecular flexibility index (Phi) is 7.07. The molecule has 1 amide bonds. The zero-order valence-electron chi connectivity index (χ0n) is 16.3. The van der Waals surface area contributed by atoms with Crippen molar-refractivity contribution in [3.8, 4) is 11.5 Å². The first kappa shape index (κ1) is 19.8. The van der Waals surface area contributed by atoms with Crippen LogP contribution >= 0.6 is 0 Å². The fraction of sp³-hybridized carbons (Fsp3) is 0.409. The van der Waals surface area contributed by atoms with Gasteiger partial charge in [0.15, 0.2) is 6.10 Å². The maximum absolute atomic E-state index is 12.6. The van der Waals surface area contributed by atoms with Crippen LogP contribution in [0.25, 0.3) is 0 Å². The van der Waals surface area contributed by atoms with Crippen LogP contribution in [0.2, 0.25) is 0 Å². The summed E-state index contributed by atoms with van der Waals surface area (Å²) in [5.41, 5.74) is 3.22. The maximum Gasteiger partial charge on any atom is 0.261 e. The zero-order valence-corrected chi connectivity index (χ0v) is 16.3. The molecule has 0 saturated carbocycles. The van der Waals surface area contributed by atoms with Crippen LogP contribution in [-0.4, -0.2) is 24.7 Å². The summed E-state index contributed by atoms with van der Waals surface area (Å²) in [7, 11) is 0. The van der Waals surface area contributed by atoms with Gasteiger partial charge in [0.25, 0.3) is 5.91 Å². The van der Waals surface area contributed by atoms with Gasteiger partial charge in [-0.05, 0) is 62.9 Å². The molecule has 26 heavy (non-hydrogen) atoms. The highest BCUT2D eigenvalue weighted by molar-refractivity contribution is 5.81. The van der Waals surface area contributed by atoms with Crippen LogP contribution in [0.4, 0.5) is 0 Å². The summed E-state index contributed by atoms with van der Waals surface area (Å²) in [6.45, 7) is 10.3. The fourth-order valence-corrected chi connectivity index (χ4v) is 2.62. The van der Waals surface area contributed by atoms with Crippen molar-refractivity contribution in [2.45, 2.75) is 53.2 Å². The Hall–Kier alpha value is -2.49. The van der Waals surface area contributed by atoms with Crippen LogP contribution < -0.4 is 14.8 Å². The lowest BCUT2D eigenvalue weighted by Gasteiger charge is -2.22. The van der Waals surface area contributed by atoms with Gasteiger partial charge in [0.05, 0.1) is 6.04 Å². The summed E-state index contributed by atoms with van der Waals surface area (Å²) in [6.07, 6.45) is 0.0846. The first-order valence-electron chi connectivity index (χ1n) is 9.13. The SMILES string of the molecule is CC[C@@H](Oc1cc(C)ccc1C)C(=O)N[C@@H](C)COc1ccccc1C. The molecule has 0 bridgehead atoms. The molecule has 0 saturated heterocycles. The Morgan fingerprint density at radius 3 is 2.42 bits per heavy atom. The van der Waals surface area contributed by atoms with Gasteiger partial charge in [-0.1, -0.05) is 37.3 Å². The zero-order chi connectivity index (χ0) is 19.1. The van der Waals surface area contributed by atoms with E-state index in [4.69, 9.17) is 9.47 Å². The average Bonchev–Trinajstić information content (AvgIpc) is 2.61. The number of hydrogen-bond donors (Lipinski definition) is 1. The molecule has 2 aromatic rings. The van der Waals surface area contributed by atoms with Crippen molar-refractivity contribution >= 4 is 5.91 Å². The third-order valence-corrected chi connectivity index (χ3v) is 4.25. The molecule has 0 aromatic heterocycles. The second-order valence-corrected chi connectivity index (χ2v) is 6.77. The highest BCUT2D eigenvalue weighted by Gasteiger charge is 2.21. The van der Waals surface area contributed by atoms with Gasteiger partial charge in [-0.3, -0.25) is 4.79 Å². The van der Waals surface area contributed by atoms with Gasteiger partial charge < -0.3 is 14.8 Å². The number of ether oxygens (including phenoxy) is 2. The molecule has 2 rings (SSSR count). The Bertz CT molecular complexity index is 742. The smallest absolute Gasteiger partial charge is 0.261 e. The molecule has 0 aliphatic rings. The monoisotopic (exact) mass is 355 g/mol. The number of para-hydroxylation sites is 1. The third-order valence-electron chi connectivity index (χ3n) is 4.25. The summed E-state index contributed by atoms with van der Waals surface area (Å²) in [5.74, 6) is 1.48. The van der Waals surface area contributed by atoms with Gasteiger partial charge in [0.2, 0.25) is 0 Å². The van der Waals surface area contributed by atoms with E-state index < -0.39 is 6.10 Å². The van der Waals surface area contributed by atoms with Crippen LogP contribution in [0.3, 0.4) is 0 Å². The number of nitrogens with one attached hydrogen (secondary N) is 1. The fourth-order valence-electron chi connectivity index (χ4n) is 2.62. The molecule has 0 aliphatic heterocycles. The minimum Gasteiger partial charge on any atom is -0.491 e. The van der Waals surface area contributed by atoms with Crippen LogP contribution in [0.5, 0.6) is 11.5 Å². The van der Waals surface area contributed by atoms with Gasteiger partial charge in [-0.2, -0.15) is 0 Å². The molecule has 0 radical (unpaired) electrons. The van der Waals surface area contributed by atoms with Crippen molar-refractivity contribution in [2.75, 3.05) is 6.61 Å². The number of amides is 1. The molecule has 4 heteroatoms. The summed E-state index contributed by atoms with van der Waals surface area (Å²) in [5, 5.41) is 2.99. The van der Waals surface area contributed by atoms with Crippen molar-refractivity contribution in [1.82, 2.24) is 5.32 Å². The van der Waals surface area contributed by atoms with Crippen molar-refractivity contribution < 1.29 is 14.3 Å². The highest BCUT2D eigenvalue weighted by Crippen LogP contribution is 2.21. The van der Waals surface area contributed by atoms with Crippen molar-refractivity contribution in [3.05, 3.63) is 59.2 Å². The molecule has 0 aliphatic carbocycles. The topological polar surface area (TPSA) is 47.6 Å². The summed E-state index contributed by atoms with van der Waals surface area (Å²) in [6, 6.07) is 13.8. The molecule has 0 heterocycles. The summed E-state index contributed by atoms with van der Waals surface area (Å²) >= 11 is 0. The first-order valence-corrected chi connectivity index (χ1v) is 9.13. The molecular weight excluding hydrogens is 326 g/mol. The quantitative estimate of drug-likeness (QED) is 0.766. The molecule has 4 nitrogen and oxygen atoms in total. The van der Waals surface area contributed by atoms with Crippen LogP contribution in [0, 0.1) is 20.8 Å². The van der Waals surface area contributed by atoms with Crippen LogP contribution in [0.1, 0.15) is 37.0 Å². The molecular formula is C22H29NO3. The number of aryl methyl sites for hydroxylation is 3. The normalized spacial score (nSPS) is 13.0. The predicted molar refractivity (Wildman–Crippen MR) is 105 cm³/mol. The van der Waals surface area contributed by atoms with Gasteiger partial charge in [0, 0.05) is 0 Å². The van der Waals surface area contributed by atoms with E-state index in [0.717, 1.165) is 28.2 Å². The van der Waals surface area contributed by atoms with E-state index in [0.29, 0.717) is 13.0 Å². The second kappa shape index (κ2) is 9.27. The first-order chi connectivity index (χ1) is 12.4. The van der Waals surface area contributed by atoms with E-state index in [2.05, 4.69) is 5.32 Å². The van der Waals surface area contributed by atoms with E-state index >= 15 is 0 Å². The number of hydrogen-bond acceptors (Lipinski definition) is 3. The number of carbonyl (C=O) groups is 1. The largest absolute Gasteiger partial charge is 0.491 e. The van der Waals surface area contributed by atoms with Crippen molar-refractivity contribution in [3.63, 3.8) is 0 Å². The molecule has 0 spiro atoms. The van der Waals surface area contributed by atoms with Gasteiger partial charge in [-0.15, -0.1) is 0 Å². The Balaban J connectivity index is 1.91. The van der Waals surface area contributed by atoms with E-state index in [-0.39, 0.29) is 11.9 Å². The lowest BCUT2D eigenvalue weighted by molar-refractivity contribution is -0.129. The van der Waals surface area contributed by atoms with Crippen molar-refractivity contribution in [2.24, 2.45) is 0 Å². The highest BCUT2D eigenvalue weighted by atomic mass is 16.5. The summed E-state index contributed by atoms with van der Waals surface area (Å²) < 4.78 is 11.8. The third kappa shape index (κ3) is 5.51. The lowest BCUT2D eigenvalue weighted by Crippen LogP contribution is -2.44. The van der Waals surface area contributed by atoms with Crippen LogP contribution in [0.15, 0.2) is 42.5 Å². The Labute approximate surface area is 156 Å². The minimum absolute atomic E-state index is 0.113. The lowest BCUT2D eigenvalue weighted by atomic mass is 10.1. The van der Waals surface area contributed by atoms with Gasteiger partial charge >= 0.3 is 0 Å². The van der Waals surface area contributed by atoms with Crippen molar-refractivity contribution in [1.29, 1.82) is 0 Å². The Morgan fingerprint density at radius 2 is 1.73 bits per heavy atom. The summed E-state index contributed by atoms with van der Waals surface area (Å²) in [4.78, 5) is 12.6. The number of benzene rings is 2. The average molecular weight is 355 g/mol. The van der Waals surface area contributed by atoms with Crippen LogP contribution in [-0.2, 0) is 4.79 Å². The minimum atomic E-state index is -0.517. The van der Waals surface area contributed by atoms with E-state index in [1.165, 1.54) is 0 Å². The molecule has 2 atom stereocenters. The molecule has 1 N–H and O–H groups in total. The Morgan fingerprint density at radius 1 is 1.04 bits per heavy atom. The molecule has 2 aromatic carbocycles. The predicted octanol–water partition coefficient (Wildman–Crippen LogP) is 4.35. The van der Waals surface area contributed by atoms with E-state index in [9.17, 15) is 4.79 Å². The molecule has 0 unspecified atom stereocenters. The second-order valence-electron chi connectivity index (χ2n) is 6.77. The maximum atomic E-state index is 12.6.